The van der Waals surface area contributed by atoms with E-state index < -0.39 is 0 Å². The largest absolute Gasteiger partial charge is 0.310 e. The Bertz CT molecular complexity index is 414. The first-order chi connectivity index (χ1) is 7.34. The summed E-state index contributed by atoms with van der Waals surface area (Å²) in [4.78, 5) is 4.23. The van der Waals surface area contributed by atoms with Gasteiger partial charge in [0.05, 0.1) is 0 Å². The lowest BCUT2D eigenvalue weighted by molar-refractivity contribution is 0.557. The average molecular weight is 265 g/mol. The fourth-order valence-electron chi connectivity index (χ4n) is 2.65. The number of fused-ring (bicyclic) bond motifs is 1. The molecule has 0 spiro atoms. The van der Waals surface area contributed by atoms with Crippen molar-refractivity contribution in [3.8, 4) is 0 Å². The van der Waals surface area contributed by atoms with E-state index >= 15 is 0 Å². The molecule has 2 nitrogen and oxygen atoms in total. The zero-order valence-electron chi connectivity index (χ0n) is 8.41. The van der Waals surface area contributed by atoms with Crippen molar-refractivity contribution in [3.05, 3.63) is 34.6 Å². The summed E-state index contributed by atoms with van der Waals surface area (Å²) < 4.78 is 1.06. The quantitative estimate of drug-likeness (QED) is 0.844. The van der Waals surface area contributed by atoms with Gasteiger partial charge in [0.2, 0.25) is 0 Å². The van der Waals surface area contributed by atoms with E-state index in [2.05, 4.69) is 38.4 Å². The third-order valence-electron chi connectivity index (χ3n) is 3.36. The van der Waals surface area contributed by atoms with Gasteiger partial charge >= 0.3 is 0 Å². The van der Waals surface area contributed by atoms with Gasteiger partial charge in [-0.3, -0.25) is 4.98 Å². The van der Waals surface area contributed by atoms with E-state index in [4.69, 9.17) is 0 Å². The van der Waals surface area contributed by atoms with Crippen LogP contribution in [0.15, 0.2) is 29.0 Å². The summed E-state index contributed by atoms with van der Waals surface area (Å²) in [5.74, 6) is 0.819. The standard InChI is InChI=1S/C12H13BrN2/c13-10-5-9(6-14-7-10)11-2-1-8-3-4-15-12(8)11/h2,5-8,12,15H,1,3-4H2. The van der Waals surface area contributed by atoms with Crippen molar-refractivity contribution < 1.29 is 0 Å². The third-order valence-corrected chi connectivity index (χ3v) is 3.80. The molecule has 0 radical (unpaired) electrons. The molecule has 78 valence electrons. The maximum absolute atomic E-state index is 4.23. The van der Waals surface area contributed by atoms with Gasteiger partial charge in [0.1, 0.15) is 0 Å². The molecular weight excluding hydrogens is 252 g/mol. The summed E-state index contributed by atoms with van der Waals surface area (Å²) in [6.45, 7) is 1.16. The molecule has 15 heavy (non-hydrogen) atoms. The van der Waals surface area contributed by atoms with Gasteiger partial charge in [-0.1, -0.05) is 6.08 Å². The first-order valence-electron chi connectivity index (χ1n) is 5.39. The molecule has 1 aromatic heterocycles. The number of hydrogen-bond donors (Lipinski definition) is 1. The minimum Gasteiger partial charge on any atom is -0.310 e. The van der Waals surface area contributed by atoms with Crippen LogP contribution >= 0.6 is 15.9 Å². The van der Waals surface area contributed by atoms with Crippen LogP contribution in [0, 0.1) is 5.92 Å². The van der Waals surface area contributed by atoms with Crippen LogP contribution in [0.3, 0.4) is 0 Å². The molecule has 2 aliphatic rings. The van der Waals surface area contributed by atoms with E-state index in [1.807, 2.05) is 12.4 Å². The van der Waals surface area contributed by atoms with Crippen LogP contribution in [0.4, 0.5) is 0 Å². The molecule has 1 aliphatic carbocycles. The Morgan fingerprint density at radius 1 is 1.40 bits per heavy atom. The van der Waals surface area contributed by atoms with Gasteiger partial charge in [-0.25, -0.2) is 0 Å². The molecule has 0 saturated carbocycles. The predicted molar refractivity (Wildman–Crippen MR) is 64.4 cm³/mol. The van der Waals surface area contributed by atoms with Crippen LogP contribution in [-0.2, 0) is 0 Å². The number of hydrogen-bond acceptors (Lipinski definition) is 2. The molecular formula is C12H13BrN2. The minimum atomic E-state index is 0.570. The Labute approximate surface area is 97.9 Å². The molecule has 1 aliphatic heterocycles. The van der Waals surface area contributed by atoms with Gasteiger partial charge in [0.25, 0.3) is 0 Å². The van der Waals surface area contributed by atoms with Crippen molar-refractivity contribution in [1.29, 1.82) is 0 Å². The van der Waals surface area contributed by atoms with Crippen molar-refractivity contribution in [2.24, 2.45) is 5.92 Å². The van der Waals surface area contributed by atoms with Crippen molar-refractivity contribution in [2.75, 3.05) is 6.54 Å². The first-order valence-corrected chi connectivity index (χ1v) is 6.18. The van der Waals surface area contributed by atoms with Gasteiger partial charge in [0.15, 0.2) is 0 Å². The lowest BCUT2D eigenvalue weighted by Crippen LogP contribution is -2.24. The summed E-state index contributed by atoms with van der Waals surface area (Å²) >= 11 is 3.47. The SMILES string of the molecule is Brc1cncc(C2=CCC3CCNC23)c1. The van der Waals surface area contributed by atoms with Crippen LogP contribution in [0.25, 0.3) is 5.57 Å². The van der Waals surface area contributed by atoms with Crippen LogP contribution < -0.4 is 5.32 Å². The molecule has 2 unspecified atom stereocenters. The Hall–Kier alpha value is -0.670. The summed E-state index contributed by atoms with van der Waals surface area (Å²) in [6.07, 6.45) is 8.69. The lowest BCUT2D eigenvalue weighted by atomic mass is 9.97. The molecule has 1 fully saturated rings. The maximum Gasteiger partial charge on any atom is 0.0410 e. The number of nitrogens with one attached hydrogen (secondary N) is 1. The molecule has 3 rings (SSSR count). The summed E-state index contributed by atoms with van der Waals surface area (Å²) in [5, 5.41) is 3.58. The van der Waals surface area contributed by atoms with Crippen LogP contribution in [-0.4, -0.2) is 17.6 Å². The number of halogens is 1. The molecule has 0 aromatic carbocycles. The second kappa shape index (κ2) is 3.72. The highest BCUT2D eigenvalue weighted by atomic mass is 79.9. The maximum atomic E-state index is 4.23. The van der Waals surface area contributed by atoms with Gasteiger partial charge in [0, 0.05) is 22.9 Å². The van der Waals surface area contributed by atoms with Crippen LogP contribution in [0.1, 0.15) is 18.4 Å². The van der Waals surface area contributed by atoms with Crippen molar-refractivity contribution in [2.45, 2.75) is 18.9 Å². The van der Waals surface area contributed by atoms with Gasteiger partial charge in [-0.15, -0.1) is 0 Å². The Balaban J connectivity index is 1.94. The number of rotatable bonds is 1. The topological polar surface area (TPSA) is 24.9 Å². The fraction of sp³-hybridized carbons (Fsp3) is 0.417. The highest BCUT2D eigenvalue weighted by Crippen LogP contribution is 2.37. The zero-order chi connectivity index (χ0) is 10.3. The molecule has 2 heterocycles. The Morgan fingerprint density at radius 3 is 3.20 bits per heavy atom. The average Bonchev–Trinajstić information content (AvgIpc) is 2.77. The molecule has 3 heteroatoms. The minimum absolute atomic E-state index is 0.570. The predicted octanol–water partition coefficient (Wildman–Crippen LogP) is 2.61. The molecule has 1 N–H and O–H groups in total. The summed E-state index contributed by atoms with van der Waals surface area (Å²) in [5.41, 5.74) is 2.69. The third kappa shape index (κ3) is 1.64. The smallest absolute Gasteiger partial charge is 0.0410 e. The van der Waals surface area contributed by atoms with E-state index in [-0.39, 0.29) is 0 Å². The van der Waals surface area contributed by atoms with Crippen molar-refractivity contribution in [1.82, 2.24) is 10.3 Å². The number of pyridine rings is 1. The van der Waals surface area contributed by atoms with Crippen molar-refractivity contribution in [3.63, 3.8) is 0 Å². The number of nitrogens with zero attached hydrogens (tertiary/aromatic N) is 1. The van der Waals surface area contributed by atoms with Gasteiger partial charge in [-0.05, 0) is 58.4 Å². The first kappa shape index (κ1) is 9.55. The number of allylic oxidation sites excluding steroid dienone is 1. The Morgan fingerprint density at radius 2 is 2.33 bits per heavy atom. The van der Waals surface area contributed by atoms with E-state index in [0.29, 0.717) is 6.04 Å². The summed E-state index contributed by atoms with van der Waals surface area (Å²) in [7, 11) is 0. The molecule has 0 bridgehead atoms. The monoisotopic (exact) mass is 264 g/mol. The lowest BCUT2D eigenvalue weighted by Gasteiger charge is -2.14. The normalized spacial score (nSPS) is 29.0. The Kier molecular flexibility index (Phi) is 2.37. The van der Waals surface area contributed by atoms with Crippen molar-refractivity contribution >= 4 is 21.5 Å². The molecule has 1 aromatic rings. The van der Waals surface area contributed by atoms with E-state index in [0.717, 1.165) is 16.9 Å². The molecule has 2 atom stereocenters. The fourth-order valence-corrected chi connectivity index (χ4v) is 3.01. The highest BCUT2D eigenvalue weighted by Gasteiger charge is 2.33. The van der Waals surface area contributed by atoms with Gasteiger partial charge < -0.3 is 5.32 Å². The van der Waals surface area contributed by atoms with E-state index in [1.54, 1.807) is 0 Å². The van der Waals surface area contributed by atoms with Crippen LogP contribution in [0.2, 0.25) is 0 Å². The second-order valence-corrected chi connectivity index (χ2v) is 5.18. The number of aromatic nitrogens is 1. The van der Waals surface area contributed by atoms with Gasteiger partial charge in [-0.2, -0.15) is 0 Å². The summed E-state index contributed by atoms with van der Waals surface area (Å²) in [6, 6.07) is 2.72. The molecule has 0 amide bonds. The zero-order valence-corrected chi connectivity index (χ0v) is 10.00. The van der Waals surface area contributed by atoms with E-state index in [1.165, 1.54) is 24.0 Å². The molecule has 1 saturated heterocycles. The van der Waals surface area contributed by atoms with Crippen LogP contribution in [0.5, 0.6) is 0 Å². The van der Waals surface area contributed by atoms with E-state index in [9.17, 15) is 0 Å². The highest BCUT2D eigenvalue weighted by molar-refractivity contribution is 9.10. The second-order valence-electron chi connectivity index (χ2n) is 4.27.